The van der Waals surface area contributed by atoms with E-state index in [1.165, 1.54) is 4.88 Å². The fraction of sp³-hybridized carbons (Fsp3) is 0.667. The molecule has 84 valence electrons. The number of rotatable bonds is 2. The van der Waals surface area contributed by atoms with Crippen molar-refractivity contribution in [2.24, 2.45) is 5.73 Å². The molecule has 0 spiro atoms. The van der Waals surface area contributed by atoms with Crippen LogP contribution < -0.4 is 5.73 Å². The average Bonchev–Trinajstić information content (AvgIpc) is 2.69. The SMILES string of the molecule is CC1CC(N)CCN1C(C)c1cccs1. The Morgan fingerprint density at radius 2 is 2.40 bits per heavy atom. The molecule has 0 aromatic carbocycles. The van der Waals surface area contributed by atoms with Crippen LogP contribution in [0, 0.1) is 0 Å². The first-order chi connectivity index (χ1) is 7.18. The molecular weight excluding hydrogens is 204 g/mol. The molecule has 1 aromatic rings. The first-order valence-corrected chi connectivity index (χ1v) is 6.61. The highest BCUT2D eigenvalue weighted by Crippen LogP contribution is 2.30. The molecule has 3 atom stereocenters. The van der Waals surface area contributed by atoms with Crippen LogP contribution in [0.15, 0.2) is 17.5 Å². The van der Waals surface area contributed by atoms with Gasteiger partial charge in [-0.1, -0.05) is 6.07 Å². The first-order valence-electron chi connectivity index (χ1n) is 5.73. The summed E-state index contributed by atoms with van der Waals surface area (Å²) in [6.07, 6.45) is 2.27. The average molecular weight is 224 g/mol. The minimum Gasteiger partial charge on any atom is -0.328 e. The third kappa shape index (κ3) is 2.41. The number of hydrogen-bond donors (Lipinski definition) is 1. The lowest BCUT2D eigenvalue weighted by Crippen LogP contribution is -2.46. The molecule has 2 heterocycles. The van der Waals surface area contributed by atoms with Gasteiger partial charge in [-0.15, -0.1) is 11.3 Å². The molecule has 0 saturated carbocycles. The van der Waals surface area contributed by atoms with E-state index in [0.717, 1.165) is 19.4 Å². The molecular formula is C12H20N2S. The number of nitrogens with two attached hydrogens (primary N) is 1. The van der Waals surface area contributed by atoms with E-state index in [1.807, 2.05) is 11.3 Å². The predicted molar refractivity (Wildman–Crippen MR) is 66.1 cm³/mol. The molecule has 0 radical (unpaired) electrons. The second kappa shape index (κ2) is 4.64. The van der Waals surface area contributed by atoms with Gasteiger partial charge >= 0.3 is 0 Å². The zero-order chi connectivity index (χ0) is 10.8. The summed E-state index contributed by atoms with van der Waals surface area (Å²) < 4.78 is 0. The van der Waals surface area contributed by atoms with Gasteiger partial charge in [0, 0.05) is 29.5 Å². The molecule has 1 aromatic heterocycles. The molecule has 2 rings (SSSR count). The van der Waals surface area contributed by atoms with E-state index in [2.05, 4.69) is 36.3 Å². The van der Waals surface area contributed by atoms with Crippen LogP contribution in [-0.4, -0.2) is 23.5 Å². The fourth-order valence-electron chi connectivity index (χ4n) is 2.49. The highest BCUT2D eigenvalue weighted by Gasteiger charge is 2.27. The topological polar surface area (TPSA) is 29.3 Å². The van der Waals surface area contributed by atoms with Crippen molar-refractivity contribution >= 4 is 11.3 Å². The molecule has 0 bridgehead atoms. The smallest absolute Gasteiger partial charge is 0.0416 e. The molecule has 2 nitrogen and oxygen atoms in total. The number of likely N-dealkylation sites (tertiary alicyclic amines) is 1. The van der Waals surface area contributed by atoms with Gasteiger partial charge in [-0.05, 0) is 38.1 Å². The first kappa shape index (κ1) is 11.1. The molecule has 1 aliphatic rings. The van der Waals surface area contributed by atoms with E-state index in [1.54, 1.807) is 0 Å². The summed E-state index contributed by atoms with van der Waals surface area (Å²) in [5.41, 5.74) is 5.98. The predicted octanol–water partition coefficient (Wildman–Crippen LogP) is 2.62. The van der Waals surface area contributed by atoms with Crippen LogP contribution in [0.25, 0.3) is 0 Å². The Hall–Kier alpha value is -0.380. The molecule has 3 heteroatoms. The summed E-state index contributed by atoms with van der Waals surface area (Å²) in [5, 5.41) is 2.16. The standard InChI is InChI=1S/C12H20N2S/c1-9-8-11(13)5-6-14(9)10(2)12-4-3-7-15-12/h3-4,7,9-11H,5-6,8,13H2,1-2H3. The molecule has 2 N–H and O–H groups in total. The van der Waals surface area contributed by atoms with Crippen molar-refractivity contribution in [3.05, 3.63) is 22.4 Å². The van der Waals surface area contributed by atoms with E-state index >= 15 is 0 Å². The molecule has 15 heavy (non-hydrogen) atoms. The quantitative estimate of drug-likeness (QED) is 0.836. The largest absolute Gasteiger partial charge is 0.328 e. The maximum absolute atomic E-state index is 5.98. The van der Waals surface area contributed by atoms with E-state index in [0.29, 0.717) is 18.1 Å². The van der Waals surface area contributed by atoms with Gasteiger partial charge < -0.3 is 5.73 Å². The minimum atomic E-state index is 0.409. The van der Waals surface area contributed by atoms with Gasteiger partial charge in [0.05, 0.1) is 0 Å². The van der Waals surface area contributed by atoms with Gasteiger partial charge in [-0.3, -0.25) is 4.90 Å². The van der Waals surface area contributed by atoms with Gasteiger partial charge in [-0.2, -0.15) is 0 Å². The summed E-state index contributed by atoms with van der Waals surface area (Å²) in [7, 11) is 0. The van der Waals surface area contributed by atoms with Crippen molar-refractivity contribution in [2.75, 3.05) is 6.54 Å². The highest BCUT2D eigenvalue weighted by molar-refractivity contribution is 7.10. The number of nitrogens with zero attached hydrogens (tertiary/aromatic N) is 1. The van der Waals surface area contributed by atoms with Crippen molar-refractivity contribution in [3.63, 3.8) is 0 Å². The van der Waals surface area contributed by atoms with Crippen molar-refractivity contribution in [1.29, 1.82) is 0 Å². The third-order valence-electron chi connectivity index (χ3n) is 3.42. The van der Waals surface area contributed by atoms with Crippen molar-refractivity contribution < 1.29 is 0 Å². The molecule has 0 aliphatic carbocycles. The van der Waals surface area contributed by atoms with Gasteiger partial charge in [0.15, 0.2) is 0 Å². The van der Waals surface area contributed by atoms with Crippen LogP contribution >= 0.6 is 11.3 Å². The normalized spacial score (nSPS) is 30.3. The minimum absolute atomic E-state index is 0.409. The highest BCUT2D eigenvalue weighted by atomic mass is 32.1. The Balaban J connectivity index is 2.04. The maximum Gasteiger partial charge on any atom is 0.0416 e. The number of piperidine rings is 1. The van der Waals surface area contributed by atoms with Crippen LogP contribution in [0.1, 0.15) is 37.6 Å². The van der Waals surface area contributed by atoms with E-state index in [-0.39, 0.29) is 0 Å². The lowest BCUT2D eigenvalue weighted by atomic mass is 9.97. The maximum atomic E-state index is 5.98. The molecule has 0 amide bonds. The van der Waals surface area contributed by atoms with Gasteiger partial charge in [-0.25, -0.2) is 0 Å². The van der Waals surface area contributed by atoms with Crippen molar-refractivity contribution in [1.82, 2.24) is 4.90 Å². The summed E-state index contributed by atoms with van der Waals surface area (Å²) in [6, 6.07) is 5.94. The lowest BCUT2D eigenvalue weighted by molar-refractivity contribution is 0.106. The third-order valence-corrected chi connectivity index (χ3v) is 4.46. The fourth-order valence-corrected chi connectivity index (χ4v) is 3.30. The van der Waals surface area contributed by atoms with Crippen LogP contribution in [0.5, 0.6) is 0 Å². The molecule has 1 saturated heterocycles. The Morgan fingerprint density at radius 1 is 1.60 bits per heavy atom. The van der Waals surface area contributed by atoms with E-state index < -0.39 is 0 Å². The van der Waals surface area contributed by atoms with Gasteiger partial charge in [0.1, 0.15) is 0 Å². The van der Waals surface area contributed by atoms with Gasteiger partial charge in [0.25, 0.3) is 0 Å². The summed E-state index contributed by atoms with van der Waals surface area (Å²) >= 11 is 1.85. The Bertz CT molecular complexity index is 297. The van der Waals surface area contributed by atoms with Crippen molar-refractivity contribution in [3.8, 4) is 0 Å². The zero-order valence-electron chi connectivity index (χ0n) is 9.52. The second-order valence-corrected chi connectivity index (χ2v) is 5.54. The van der Waals surface area contributed by atoms with Crippen LogP contribution in [0.2, 0.25) is 0 Å². The van der Waals surface area contributed by atoms with Crippen LogP contribution in [-0.2, 0) is 0 Å². The van der Waals surface area contributed by atoms with Crippen LogP contribution in [0.3, 0.4) is 0 Å². The van der Waals surface area contributed by atoms with Gasteiger partial charge in [0.2, 0.25) is 0 Å². The zero-order valence-corrected chi connectivity index (χ0v) is 10.3. The summed E-state index contributed by atoms with van der Waals surface area (Å²) in [4.78, 5) is 4.05. The van der Waals surface area contributed by atoms with E-state index in [4.69, 9.17) is 5.73 Å². The summed E-state index contributed by atoms with van der Waals surface area (Å²) in [6.45, 7) is 5.74. The van der Waals surface area contributed by atoms with E-state index in [9.17, 15) is 0 Å². The number of thiophene rings is 1. The lowest BCUT2D eigenvalue weighted by Gasteiger charge is -2.40. The molecule has 1 fully saturated rings. The monoisotopic (exact) mass is 224 g/mol. The Morgan fingerprint density at radius 3 is 3.00 bits per heavy atom. The second-order valence-electron chi connectivity index (χ2n) is 4.56. The molecule has 1 aliphatic heterocycles. The summed E-state index contributed by atoms with van der Waals surface area (Å²) in [5.74, 6) is 0. The van der Waals surface area contributed by atoms with Crippen molar-refractivity contribution in [2.45, 2.75) is 44.8 Å². The Labute approximate surface area is 96.1 Å². The van der Waals surface area contributed by atoms with Crippen LogP contribution in [0.4, 0.5) is 0 Å². The number of hydrogen-bond acceptors (Lipinski definition) is 3. The Kier molecular flexibility index (Phi) is 3.44. The molecule has 3 unspecified atom stereocenters.